The molecule has 190 valence electrons. The molecule has 10 rings (SSSR count). The Balaban J connectivity index is 1.31. The van der Waals surface area contributed by atoms with E-state index < -0.39 is 0 Å². The summed E-state index contributed by atoms with van der Waals surface area (Å²) in [5.41, 5.74) is 7.07. The van der Waals surface area contributed by atoms with Gasteiger partial charge in [0.2, 0.25) is 0 Å². The first-order valence-corrected chi connectivity index (χ1v) is 15.4. The lowest BCUT2D eigenvalue weighted by Crippen LogP contribution is -2.33. The molecule has 3 unspecified atom stereocenters. The lowest BCUT2D eigenvalue weighted by atomic mass is 9.84. The molecule has 0 fully saturated rings. The number of hydrogen-bond acceptors (Lipinski definition) is 1. The first-order chi connectivity index (χ1) is 19.8. The van der Waals surface area contributed by atoms with Gasteiger partial charge in [0.1, 0.15) is 0 Å². The number of fused-ring (bicyclic) bond motifs is 11. The van der Waals surface area contributed by atoms with Crippen molar-refractivity contribution in [3.8, 4) is 0 Å². The summed E-state index contributed by atoms with van der Waals surface area (Å²) >= 11 is 1.93. The molecular formula is C38H27NS. The highest BCUT2D eigenvalue weighted by molar-refractivity contribution is 7.17. The van der Waals surface area contributed by atoms with Crippen LogP contribution in [0.4, 0.5) is 0 Å². The molecule has 0 saturated carbocycles. The maximum atomic E-state index is 2.59. The number of aromatic nitrogens is 1. The molecule has 3 heterocycles. The molecule has 0 amide bonds. The van der Waals surface area contributed by atoms with E-state index in [9.17, 15) is 0 Å². The average Bonchev–Trinajstić information content (AvgIpc) is 3.64. The largest absolute Gasteiger partial charge is 0.308 e. The van der Waals surface area contributed by atoms with E-state index in [4.69, 9.17) is 0 Å². The molecule has 6 aromatic rings. The summed E-state index contributed by atoms with van der Waals surface area (Å²) in [6, 6.07) is 18.9. The monoisotopic (exact) mass is 529 g/mol. The number of hydrogen-bond donors (Lipinski definition) is 0. The van der Waals surface area contributed by atoms with E-state index in [2.05, 4.69) is 114 Å². The van der Waals surface area contributed by atoms with Gasteiger partial charge in [-0.05, 0) is 76.9 Å². The minimum Gasteiger partial charge on any atom is -0.308 e. The van der Waals surface area contributed by atoms with Crippen LogP contribution in [0.15, 0.2) is 78.9 Å². The lowest BCUT2D eigenvalue weighted by Gasteiger charge is -2.20. The summed E-state index contributed by atoms with van der Waals surface area (Å²) in [6.07, 6.45) is 27.2. The molecule has 3 atom stereocenters. The van der Waals surface area contributed by atoms with E-state index in [1.54, 1.807) is 0 Å². The summed E-state index contributed by atoms with van der Waals surface area (Å²) in [5, 5.41) is 9.86. The average molecular weight is 530 g/mol. The van der Waals surface area contributed by atoms with Crippen LogP contribution in [-0.4, -0.2) is 4.40 Å². The van der Waals surface area contributed by atoms with Crippen molar-refractivity contribution in [1.82, 2.24) is 4.40 Å². The summed E-state index contributed by atoms with van der Waals surface area (Å²) in [7, 11) is 0. The van der Waals surface area contributed by atoms with Gasteiger partial charge >= 0.3 is 0 Å². The molecule has 0 radical (unpaired) electrons. The minimum atomic E-state index is 0.382. The quantitative estimate of drug-likeness (QED) is 0.228. The summed E-state index contributed by atoms with van der Waals surface area (Å²) in [6.45, 7) is 0. The fourth-order valence-electron chi connectivity index (χ4n) is 7.85. The molecule has 0 aliphatic heterocycles. The van der Waals surface area contributed by atoms with Crippen molar-refractivity contribution in [3.63, 3.8) is 0 Å². The van der Waals surface area contributed by atoms with Gasteiger partial charge in [0.15, 0.2) is 0 Å². The Kier molecular flexibility index (Phi) is 4.19. The maximum Gasteiger partial charge on any atom is 0.0620 e. The minimum absolute atomic E-state index is 0.382. The van der Waals surface area contributed by atoms with E-state index in [1.807, 2.05) is 11.3 Å². The van der Waals surface area contributed by atoms with Crippen molar-refractivity contribution >= 4 is 79.0 Å². The van der Waals surface area contributed by atoms with Crippen LogP contribution >= 0.6 is 11.3 Å². The fourth-order valence-corrected chi connectivity index (χ4v) is 8.99. The molecule has 0 saturated heterocycles. The molecule has 3 aromatic heterocycles. The normalized spacial score (nSPS) is 22.4. The summed E-state index contributed by atoms with van der Waals surface area (Å²) in [5.74, 6) is 1.24. The predicted molar refractivity (Wildman–Crippen MR) is 172 cm³/mol. The van der Waals surface area contributed by atoms with Gasteiger partial charge in [0.05, 0.1) is 16.4 Å². The Hall–Kier alpha value is -4.14. The molecule has 1 nitrogen and oxygen atoms in total. The van der Waals surface area contributed by atoms with Gasteiger partial charge in [-0.15, -0.1) is 11.3 Å². The van der Waals surface area contributed by atoms with Crippen LogP contribution in [0, 0.1) is 11.8 Å². The summed E-state index contributed by atoms with van der Waals surface area (Å²) < 4.78 is 5.41. The molecule has 2 heteroatoms. The number of nitrogens with zero attached hydrogens (tertiary/aromatic N) is 1. The van der Waals surface area contributed by atoms with Gasteiger partial charge in [-0.2, -0.15) is 0 Å². The highest BCUT2D eigenvalue weighted by Gasteiger charge is 2.25. The molecule has 4 aliphatic rings. The van der Waals surface area contributed by atoms with E-state index in [-0.39, 0.29) is 0 Å². The second-order valence-corrected chi connectivity index (χ2v) is 13.0. The maximum absolute atomic E-state index is 2.59. The molecule has 0 N–H and O–H groups in total. The molecule has 0 bridgehead atoms. The van der Waals surface area contributed by atoms with Gasteiger partial charge in [-0.3, -0.25) is 0 Å². The van der Waals surface area contributed by atoms with Crippen molar-refractivity contribution in [2.24, 2.45) is 11.8 Å². The van der Waals surface area contributed by atoms with E-state index >= 15 is 0 Å². The van der Waals surface area contributed by atoms with E-state index in [0.717, 1.165) is 19.3 Å². The fraction of sp³-hybridized carbons (Fsp3) is 0.158. The standard InChI is InChI=1S/C38H27NS/c1-3-9-24-20-34-29(15-22(24)7-1)32-18-27(26-13-14-37-31(17-26)28-11-5-6-12-36(28)40-37)19-33-30-16-23-8-2-4-10-25(23)21-35(30)39(34)38(32)33/h1,3-7,9-12,14-22,24,26H,2,8,13H2. The first-order valence-electron chi connectivity index (χ1n) is 14.6. The van der Waals surface area contributed by atoms with Crippen LogP contribution in [0.1, 0.15) is 35.4 Å². The van der Waals surface area contributed by atoms with Crippen LogP contribution < -0.4 is 20.3 Å². The van der Waals surface area contributed by atoms with Crippen LogP contribution in [0.5, 0.6) is 0 Å². The number of rotatable bonds is 1. The predicted octanol–water partition coefficient (Wildman–Crippen LogP) is 6.54. The van der Waals surface area contributed by atoms with Crippen LogP contribution in [0.3, 0.4) is 0 Å². The number of aryl methyl sites for hydroxylation is 1. The van der Waals surface area contributed by atoms with E-state index in [1.165, 1.54) is 74.3 Å². The number of allylic oxidation sites excluding steroid dienone is 5. The smallest absolute Gasteiger partial charge is 0.0620 e. The van der Waals surface area contributed by atoms with Crippen LogP contribution in [0.2, 0.25) is 0 Å². The van der Waals surface area contributed by atoms with Crippen LogP contribution in [-0.2, 0) is 6.42 Å². The zero-order valence-electron chi connectivity index (χ0n) is 22.1. The van der Waals surface area contributed by atoms with Crippen LogP contribution in [0.25, 0.3) is 67.7 Å². The highest BCUT2D eigenvalue weighted by Crippen LogP contribution is 2.38. The molecule has 3 aromatic carbocycles. The third kappa shape index (κ3) is 2.82. The second kappa shape index (κ2) is 7.74. The number of thiophene rings is 1. The Morgan fingerprint density at radius 1 is 0.800 bits per heavy atom. The third-order valence-electron chi connectivity index (χ3n) is 9.78. The zero-order chi connectivity index (χ0) is 25.9. The van der Waals surface area contributed by atoms with Crippen molar-refractivity contribution in [1.29, 1.82) is 0 Å². The lowest BCUT2D eigenvalue weighted by molar-refractivity contribution is 0.721. The van der Waals surface area contributed by atoms with Gasteiger partial charge in [-0.1, -0.05) is 79.0 Å². The Morgan fingerprint density at radius 3 is 2.62 bits per heavy atom. The molecule has 40 heavy (non-hydrogen) atoms. The molecule has 4 aliphatic carbocycles. The second-order valence-electron chi connectivity index (χ2n) is 12.0. The van der Waals surface area contributed by atoms with Crippen molar-refractivity contribution in [3.05, 3.63) is 116 Å². The first kappa shape index (κ1) is 21.7. The third-order valence-corrected chi connectivity index (χ3v) is 11.0. The Morgan fingerprint density at radius 2 is 1.68 bits per heavy atom. The van der Waals surface area contributed by atoms with Gasteiger partial charge in [-0.25, -0.2) is 0 Å². The molecular weight excluding hydrogens is 502 g/mol. The Labute approximate surface area is 235 Å². The van der Waals surface area contributed by atoms with Gasteiger partial charge < -0.3 is 4.40 Å². The van der Waals surface area contributed by atoms with E-state index in [0.29, 0.717) is 17.8 Å². The SMILES string of the molecule is C1=CC2C=c3c(n4c5cc6c(cc5c5cc(C7C=c8c(sc9ccccc89)=CC7)cc3c54)CCC=C6)=CC2C=C1. The van der Waals surface area contributed by atoms with Gasteiger partial charge in [0, 0.05) is 48.4 Å². The highest BCUT2D eigenvalue weighted by atomic mass is 32.1. The van der Waals surface area contributed by atoms with Crippen molar-refractivity contribution < 1.29 is 0 Å². The van der Waals surface area contributed by atoms with Crippen molar-refractivity contribution in [2.75, 3.05) is 0 Å². The van der Waals surface area contributed by atoms with Gasteiger partial charge in [0.25, 0.3) is 0 Å². The number of benzene rings is 3. The topological polar surface area (TPSA) is 4.41 Å². The molecule has 0 spiro atoms. The van der Waals surface area contributed by atoms with Crippen molar-refractivity contribution in [2.45, 2.75) is 25.2 Å². The Bertz CT molecular complexity index is 2420. The zero-order valence-corrected chi connectivity index (χ0v) is 22.9. The summed E-state index contributed by atoms with van der Waals surface area (Å²) in [4.78, 5) is 0.